The van der Waals surface area contributed by atoms with Crippen LogP contribution in [0.4, 0.5) is 19.9 Å². The molecule has 0 radical (unpaired) electrons. The van der Waals surface area contributed by atoms with Crippen LogP contribution in [0.1, 0.15) is 23.4 Å². The number of primary amides is 1. The van der Waals surface area contributed by atoms with Gasteiger partial charge in [0.25, 0.3) is 0 Å². The summed E-state index contributed by atoms with van der Waals surface area (Å²) in [5.41, 5.74) is 7.10. The number of rotatable bonds is 4. The lowest BCUT2D eigenvalue weighted by Gasteiger charge is -2.32. The van der Waals surface area contributed by atoms with E-state index in [0.717, 1.165) is 30.0 Å². The lowest BCUT2D eigenvalue weighted by Crippen LogP contribution is -2.41. The fraction of sp³-hybridized carbons (Fsp3) is 0.294. The van der Waals surface area contributed by atoms with Crippen molar-refractivity contribution in [2.75, 3.05) is 23.7 Å². The van der Waals surface area contributed by atoms with E-state index in [1.807, 2.05) is 17.9 Å². The number of nitrogens with zero attached hydrogens (tertiary/aromatic N) is 1. The highest BCUT2D eigenvalue weighted by atomic mass is 32.1. The van der Waals surface area contributed by atoms with Gasteiger partial charge in [0.15, 0.2) is 0 Å². The zero-order valence-electron chi connectivity index (χ0n) is 13.7. The van der Waals surface area contributed by atoms with Gasteiger partial charge >= 0.3 is 6.03 Å². The van der Waals surface area contributed by atoms with E-state index in [4.69, 9.17) is 5.73 Å². The third kappa shape index (κ3) is 3.80. The smallest absolute Gasteiger partial charge is 0.324 e. The van der Waals surface area contributed by atoms with Crippen LogP contribution < -0.4 is 16.4 Å². The van der Waals surface area contributed by atoms with Gasteiger partial charge in [0.2, 0.25) is 5.91 Å². The van der Waals surface area contributed by atoms with E-state index in [-0.39, 0.29) is 11.7 Å². The molecule has 3 rings (SSSR count). The van der Waals surface area contributed by atoms with Crippen LogP contribution in [0.5, 0.6) is 0 Å². The lowest BCUT2D eigenvalue weighted by molar-refractivity contribution is -0.123. The second kappa shape index (κ2) is 7.20. The van der Waals surface area contributed by atoms with Crippen molar-refractivity contribution in [3.8, 4) is 0 Å². The van der Waals surface area contributed by atoms with Gasteiger partial charge in [-0.1, -0.05) is 6.92 Å². The van der Waals surface area contributed by atoms with Crippen LogP contribution in [-0.4, -0.2) is 29.9 Å². The minimum absolute atomic E-state index is 0.366. The van der Waals surface area contributed by atoms with E-state index in [9.17, 15) is 14.0 Å². The molecule has 1 aromatic carbocycles. The minimum atomic E-state index is -0.450. The standard InChI is InChI=1S/C17H19FN4O2S/c1-2-22-8-7-10-9-13(25-15(10)14(22)16(19)23)21-17(24)20-12-5-3-11(18)4-6-12/h3-6,9,14H,2,7-8H2,1H3,(H2,19,23)(H2,20,21,24). The van der Waals surface area contributed by atoms with Gasteiger partial charge in [-0.3, -0.25) is 15.0 Å². The van der Waals surface area contributed by atoms with E-state index in [0.29, 0.717) is 10.7 Å². The summed E-state index contributed by atoms with van der Waals surface area (Å²) >= 11 is 1.36. The summed E-state index contributed by atoms with van der Waals surface area (Å²) in [5, 5.41) is 6.05. The normalized spacial score (nSPS) is 17.0. The van der Waals surface area contributed by atoms with E-state index in [1.165, 1.54) is 35.6 Å². The summed E-state index contributed by atoms with van der Waals surface area (Å²) in [6.07, 6.45) is 0.810. The first-order chi connectivity index (χ1) is 12.0. The van der Waals surface area contributed by atoms with Crippen molar-refractivity contribution in [3.05, 3.63) is 46.6 Å². The molecule has 6 nitrogen and oxygen atoms in total. The molecule has 2 heterocycles. The summed E-state index contributed by atoms with van der Waals surface area (Å²) in [6, 6.07) is 6.52. The lowest BCUT2D eigenvalue weighted by atomic mass is 10.0. The number of hydrogen-bond acceptors (Lipinski definition) is 4. The Bertz CT molecular complexity index is 790. The number of amides is 3. The average Bonchev–Trinajstić information content (AvgIpc) is 2.97. The molecule has 1 aliphatic heterocycles. The number of halogens is 1. The average molecular weight is 362 g/mol. The van der Waals surface area contributed by atoms with Gasteiger partial charge in [0.05, 0.1) is 5.00 Å². The fourth-order valence-corrected chi connectivity index (χ4v) is 4.20. The monoisotopic (exact) mass is 362 g/mol. The molecule has 2 aromatic rings. The van der Waals surface area contributed by atoms with E-state index >= 15 is 0 Å². The molecule has 1 aromatic heterocycles. The molecule has 4 N–H and O–H groups in total. The molecule has 25 heavy (non-hydrogen) atoms. The zero-order valence-corrected chi connectivity index (χ0v) is 14.5. The summed E-state index contributed by atoms with van der Waals surface area (Å²) in [4.78, 5) is 26.9. The number of thiophene rings is 1. The Balaban J connectivity index is 1.73. The Hall–Kier alpha value is -2.45. The first-order valence-electron chi connectivity index (χ1n) is 7.97. The van der Waals surface area contributed by atoms with Crippen molar-refractivity contribution in [2.24, 2.45) is 5.73 Å². The Morgan fingerprint density at radius 2 is 2.04 bits per heavy atom. The van der Waals surface area contributed by atoms with E-state index < -0.39 is 12.1 Å². The van der Waals surface area contributed by atoms with Crippen molar-refractivity contribution in [2.45, 2.75) is 19.4 Å². The second-order valence-corrected chi connectivity index (χ2v) is 6.85. The molecule has 0 saturated carbocycles. The van der Waals surface area contributed by atoms with Gasteiger partial charge in [0.1, 0.15) is 11.9 Å². The molecule has 1 unspecified atom stereocenters. The Kier molecular flexibility index (Phi) is 5.00. The van der Waals surface area contributed by atoms with Crippen molar-refractivity contribution in [1.29, 1.82) is 0 Å². The van der Waals surface area contributed by atoms with Crippen LogP contribution in [0.3, 0.4) is 0 Å². The van der Waals surface area contributed by atoms with Crippen LogP contribution in [-0.2, 0) is 11.2 Å². The summed E-state index contributed by atoms with van der Waals surface area (Å²) in [7, 11) is 0. The predicted molar refractivity (Wildman–Crippen MR) is 96.2 cm³/mol. The molecule has 3 amide bonds. The highest BCUT2D eigenvalue weighted by Gasteiger charge is 2.32. The van der Waals surface area contributed by atoms with Crippen LogP contribution >= 0.6 is 11.3 Å². The maximum absolute atomic E-state index is 12.9. The molecule has 0 bridgehead atoms. The molecule has 8 heteroatoms. The van der Waals surface area contributed by atoms with Crippen molar-refractivity contribution >= 4 is 34.0 Å². The largest absolute Gasteiger partial charge is 0.368 e. The number of carbonyl (C=O) groups excluding carboxylic acids is 2. The number of benzene rings is 1. The molecule has 132 valence electrons. The number of urea groups is 1. The highest BCUT2D eigenvalue weighted by Crippen LogP contribution is 2.38. The molecular formula is C17H19FN4O2S. The van der Waals surface area contributed by atoms with Crippen LogP contribution in [0.25, 0.3) is 0 Å². The Labute approximate surface area is 148 Å². The first-order valence-corrected chi connectivity index (χ1v) is 8.79. The molecule has 0 saturated heterocycles. The van der Waals surface area contributed by atoms with Crippen molar-refractivity contribution in [3.63, 3.8) is 0 Å². The third-order valence-corrected chi connectivity index (χ3v) is 5.28. The van der Waals surface area contributed by atoms with Gasteiger partial charge in [0, 0.05) is 17.1 Å². The number of carbonyl (C=O) groups is 2. The zero-order chi connectivity index (χ0) is 18.0. The van der Waals surface area contributed by atoms with E-state index in [1.54, 1.807) is 0 Å². The van der Waals surface area contributed by atoms with Gasteiger partial charge in [-0.05, 0) is 48.9 Å². The maximum atomic E-state index is 12.9. The number of hydrogen-bond donors (Lipinski definition) is 3. The SMILES string of the molecule is CCN1CCc2cc(NC(=O)Nc3ccc(F)cc3)sc2C1C(N)=O. The van der Waals surface area contributed by atoms with Crippen LogP contribution in [0.2, 0.25) is 0 Å². The van der Waals surface area contributed by atoms with Crippen LogP contribution in [0, 0.1) is 5.82 Å². The van der Waals surface area contributed by atoms with Gasteiger partial charge in [-0.25, -0.2) is 9.18 Å². The number of likely N-dealkylation sites (N-methyl/N-ethyl adjacent to an activating group) is 1. The summed E-state index contributed by atoms with van der Waals surface area (Å²) in [6.45, 7) is 3.48. The first kappa shape index (κ1) is 17.4. The van der Waals surface area contributed by atoms with E-state index in [2.05, 4.69) is 10.6 Å². The number of fused-ring (bicyclic) bond motifs is 1. The van der Waals surface area contributed by atoms with Gasteiger partial charge in [-0.2, -0.15) is 0 Å². The Morgan fingerprint density at radius 1 is 1.32 bits per heavy atom. The molecule has 1 atom stereocenters. The summed E-state index contributed by atoms with van der Waals surface area (Å²) in [5.74, 6) is -0.748. The molecule has 0 aliphatic carbocycles. The maximum Gasteiger partial charge on any atom is 0.324 e. The second-order valence-electron chi connectivity index (χ2n) is 5.77. The Morgan fingerprint density at radius 3 is 2.68 bits per heavy atom. The van der Waals surface area contributed by atoms with Crippen LogP contribution in [0.15, 0.2) is 30.3 Å². The van der Waals surface area contributed by atoms with Crippen molar-refractivity contribution < 1.29 is 14.0 Å². The molecular weight excluding hydrogens is 343 g/mol. The molecule has 0 spiro atoms. The number of nitrogens with one attached hydrogen (secondary N) is 2. The third-order valence-electron chi connectivity index (χ3n) is 4.14. The minimum Gasteiger partial charge on any atom is -0.368 e. The molecule has 1 aliphatic rings. The highest BCUT2D eigenvalue weighted by molar-refractivity contribution is 7.16. The fourth-order valence-electron chi connectivity index (χ4n) is 2.95. The number of nitrogens with two attached hydrogens (primary N) is 1. The quantitative estimate of drug-likeness (QED) is 0.781. The summed E-state index contributed by atoms with van der Waals surface area (Å²) < 4.78 is 12.9. The predicted octanol–water partition coefficient (Wildman–Crippen LogP) is 2.94. The topological polar surface area (TPSA) is 87.5 Å². The molecule has 0 fully saturated rings. The number of anilines is 2. The van der Waals surface area contributed by atoms with Crippen molar-refractivity contribution in [1.82, 2.24) is 4.90 Å². The van der Waals surface area contributed by atoms with Gasteiger partial charge < -0.3 is 11.1 Å². The van der Waals surface area contributed by atoms with Gasteiger partial charge in [-0.15, -0.1) is 11.3 Å².